The first-order valence-electron chi connectivity index (χ1n) is 10.6. The highest BCUT2D eigenvalue weighted by molar-refractivity contribution is 7.12. The number of ether oxygens (including phenoxy) is 2. The smallest absolute Gasteiger partial charge is 0.0970 e. The van der Waals surface area contributed by atoms with E-state index in [0.29, 0.717) is 25.2 Å². The number of fused-ring (bicyclic) bond motifs is 1. The number of thiophene rings is 1. The molecule has 1 aromatic carbocycles. The molecule has 2 aliphatic heterocycles. The van der Waals surface area contributed by atoms with Gasteiger partial charge < -0.3 is 9.47 Å². The van der Waals surface area contributed by atoms with Crippen LogP contribution < -0.4 is 5.32 Å². The molecule has 28 heavy (non-hydrogen) atoms. The summed E-state index contributed by atoms with van der Waals surface area (Å²) in [6, 6.07) is 11.4. The molecule has 1 saturated heterocycles. The Kier molecular flexibility index (Phi) is 6.97. The van der Waals surface area contributed by atoms with Crippen molar-refractivity contribution < 1.29 is 9.47 Å². The fourth-order valence-electron chi connectivity index (χ4n) is 4.33. The summed E-state index contributed by atoms with van der Waals surface area (Å²) < 4.78 is 11.7. The van der Waals surface area contributed by atoms with Gasteiger partial charge in [0.15, 0.2) is 0 Å². The maximum Gasteiger partial charge on any atom is 0.0970 e. The molecule has 3 heterocycles. The van der Waals surface area contributed by atoms with E-state index in [4.69, 9.17) is 9.47 Å². The summed E-state index contributed by atoms with van der Waals surface area (Å²) in [5, 5.41) is 3.42. The van der Waals surface area contributed by atoms with Gasteiger partial charge in [-0.25, -0.2) is 0 Å². The Balaban J connectivity index is 1.66. The minimum Gasteiger partial charge on any atom is -0.381 e. The van der Waals surface area contributed by atoms with E-state index in [2.05, 4.69) is 42.2 Å². The molecule has 150 valence electrons. The normalized spacial score (nSPS) is 24.1. The summed E-state index contributed by atoms with van der Waals surface area (Å²) in [5.74, 6) is 1.04. The Morgan fingerprint density at radius 2 is 1.93 bits per heavy atom. The summed E-state index contributed by atoms with van der Waals surface area (Å²) in [6.45, 7) is 8.00. The first kappa shape index (κ1) is 19.8. The highest BCUT2D eigenvalue weighted by Gasteiger charge is 2.24. The molecular weight excluding hydrogens is 366 g/mol. The lowest BCUT2D eigenvalue weighted by molar-refractivity contribution is 0.107. The van der Waals surface area contributed by atoms with Gasteiger partial charge >= 0.3 is 0 Å². The Bertz CT molecular complexity index is 759. The molecular formula is C24H31NO2S. The molecule has 1 N–H and O–H groups in total. The fraction of sp³-hybridized carbons (Fsp3) is 0.500. The monoisotopic (exact) mass is 397 g/mol. The van der Waals surface area contributed by atoms with E-state index in [9.17, 15) is 0 Å². The Labute approximate surface area is 172 Å². The molecule has 2 atom stereocenters. The zero-order valence-corrected chi connectivity index (χ0v) is 17.4. The second-order valence-electron chi connectivity index (χ2n) is 7.83. The maximum atomic E-state index is 5.91. The third-order valence-electron chi connectivity index (χ3n) is 5.96. The summed E-state index contributed by atoms with van der Waals surface area (Å²) in [7, 11) is 0. The van der Waals surface area contributed by atoms with Crippen molar-refractivity contribution >= 4 is 17.4 Å². The average molecular weight is 398 g/mol. The minimum absolute atomic E-state index is 0.415. The van der Waals surface area contributed by atoms with Gasteiger partial charge in [-0.1, -0.05) is 43.3 Å². The SMILES string of the molecule is C=Cc1ccc(C2CCNCOCc3sc(C4CCCCOCC4)cc32)cc1. The quantitative estimate of drug-likeness (QED) is 0.724. The van der Waals surface area contributed by atoms with Gasteiger partial charge in [0.1, 0.15) is 0 Å². The maximum absolute atomic E-state index is 5.91. The van der Waals surface area contributed by atoms with Crippen LogP contribution in [0, 0.1) is 0 Å². The van der Waals surface area contributed by atoms with Crippen LogP contribution in [0.5, 0.6) is 0 Å². The van der Waals surface area contributed by atoms with Crippen LogP contribution in [0.25, 0.3) is 6.08 Å². The Morgan fingerprint density at radius 1 is 1.04 bits per heavy atom. The van der Waals surface area contributed by atoms with Crippen LogP contribution in [0.4, 0.5) is 0 Å². The van der Waals surface area contributed by atoms with Crippen molar-refractivity contribution in [1.82, 2.24) is 5.32 Å². The molecule has 0 amide bonds. The molecule has 0 radical (unpaired) electrons. The summed E-state index contributed by atoms with van der Waals surface area (Å²) in [4.78, 5) is 2.93. The molecule has 3 nitrogen and oxygen atoms in total. The predicted molar refractivity (Wildman–Crippen MR) is 117 cm³/mol. The molecule has 4 rings (SSSR count). The lowest BCUT2D eigenvalue weighted by Crippen LogP contribution is -2.19. The zero-order valence-electron chi connectivity index (χ0n) is 16.6. The molecule has 4 heteroatoms. The summed E-state index contributed by atoms with van der Waals surface area (Å²) in [6.07, 6.45) is 7.88. The van der Waals surface area contributed by atoms with Crippen molar-refractivity contribution in [2.45, 2.75) is 50.5 Å². The van der Waals surface area contributed by atoms with Crippen molar-refractivity contribution in [3.63, 3.8) is 0 Å². The summed E-state index contributed by atoms with van der Waals surface area (Å²) >= 11 is 1.97. The molecule has 1 aromatic heterocycles. The van der Waals surface area contributed by atoms with E-state index in [-0.39, 0.29) is 0 Å². The van der Waals surface area contributed by atoms with Gasteiger partial charge in [0.05, 0.1) is 13.3 Å². The van der Waals surface area contributed by atoms with E-state index in [1.165, 1.54) is 45.7 Å². The summed E-state index contributed by atoms with van der Waals surface area (Å²) in [5.41, 5.74) is 4.04. The van der Waals surface area contributed by atoms with Crippen LogP contribution in [-0.4, -0.2) is 26.5 Å². The van der Waals surface area contributed by atoms with Gasteiger partial charge in [0.25, 0.3) is 0 Å². The van der Waals surface area contributed by atoms with Crippen molar-refractivity contribution in [2.24, 2.45) is 0 Å². The van der Waals surface area contributed by atoms with Crippen molar-refractivity contribution in [1.29, 1.82) is 0 Å². The van der Waals surface area contributed by atoms with Crippen LogP contribution in [0.15, 0.2) is 36.9 Å². The van der Waals surface area contributed by atoms with Gasteiger partial charge in [-0.3, -0.25) is 5.32 Å². The molecule has 1 fully saturated rings. The molecule has 0 bridgehead atoms. The molecule has 0 saturated carbocycles. The number of rotatable bonds is 3. The van der Waals surface area contributed by atoms with E-state index in [1.807, 2.05) is 17.4 Å². The van der Waals surface area contributed by atoms with Gasteiger partial charge in [-0.15, -0.1) is 11.3 Å². The second-order valence-corrected chi connectivity index (χ2v) is 8.99. The van der Waals surface area contributed by atoms with Gasteiger partial charge in [0, 0.05) is 28.9 Å². The van der Waals surface area contributed by atoms with Crippen molar-refractivity contribution in [3.05, 3.63) is 63.4 Å². The predicted octanol–water partition coefficient (Wildman–Crippen LogP) is 5.66. The molecule has 0 aliphatic carbocycles. The van der Waals surface area contributed by atoms with Gasteiger partial charge in [-0.2, -0.15) is 0 Å². The van der Waals surface area contributed by atoms with Crippen LogP contribution >= 0.6 is 11.3 Å². The topological polar surface area (TPSA) is 30.5 Å². The largest absolute Gasteiger partial charge is 0.381 e. The van der Waals surface area contributed by atoms with Crippen molar-refractivity contribution in [3.8, 4) is 0 Å². The van der Waals surface area contributed by atoms with Crippen molar-refractivity contribution in [2.75, 3.05) is 26.5 Å². The second kappa shape index (κ2) is 9.84. The van der Waals surface area contributed by atoms with Crippen LogP contribution in [0.1, 0.15) is 70.4 Å². The fourth-order valence-corrected chi connectivity index (χ4v) is 5.66. The van der Waals surface area contributed by atoms with Gasteiger partial charge in [0.2, 0.25) is 0 Å². The molecule has 0 spiro atoms. The Morgan fingerprint density at radius 3 is 2.79 bits per heavy atom. The van der Waals surface area contributed by atoms with E-state index >= 15 is 0 Å². The number of benzene rings is 1. The highest BCUT2D eigenvalue weighted by Crippen LogP contribution is 2.41. The molecule has 2 unspecified atom stereocenters. The lowest BCUT2D eigenvalue weighted by Gasteiger charge is -2.19. The van der Waals surface area contributed by atoms with Crippen LogP contribution in [-0.2, 0) is 16.1 Å². The van der Waals surface area contributed by atoms with E-state index < -0.39 is 0 Å². The first-order chi connectivity index (χ1) is 13.8. The molecule has 2 aliphatic rings. The third-order valence-corrected chi connectivity index (χ3v) is 7.25. The molecule has 2 aromatic rings. The van der Waals surface area contributed by atoms with Gasteiger partial charge in [-0.05, 0) is 60.9 Å². The lowest BCUT2D eigenvalue weighted by atomic mass is 9.87. The minimum atomic E-state index is 0.415. The first-order valence-corrected chi connectivity index (χ1v) is 11.4. The zero-order chi connectivity index (χ0) is 19.2. The van der Waals surface area contributed by atoms with E-state index in [0.717, 1.165) is 32.6 Å². The average Bonchev–Trinajstić information content (AvgIpc) is 3.13. The third kappa shape index (κ3) is 4.74. The number of nitrogens with one attached hydrogen (secondary N) is 1. The van der Waals surface area contributed by atoms with E-state index in [1.54, 1.807) is 0 Å². The standard InChI is InChI=1S/C24H31NO2S/c1-2-18-6-8-19(9-7-18)21-10-12-25-17-27-16-24-22(21)15-23(28-24)20-5-3-4-13-26-14-11-20/h2,6-9,15,20-21,25H,1,3-5,10-14,16-17H2. The van der Waals surface area contributed by atoms with Crippen LogP contribution in [0.2, 0.25) is 0 Å². The Hall–Kier alpha value is -1.46. The number of hydrogen-bond acceptors (Lipinski definition) is 4. The van der Waals surface area contributed by atoms with Crippen LogP contribution in [0.3, 0.4) is 0 Å². The number of hydrogen-bond donors (Lipinski definition) is 1. The highest BCUT2D eigenvalue weighted by atomic mass is 32.1.